The molecule has 0 saturated heterocycles. The van der Waals surface area contributed by atoms with Crippen LogP contribution in [-0.2, 0) is 11.2 Å². The predicted molar refractivity (Wildman–Crippen MR) is 73.5 cm³/mol. The number of halogens is 2. The molecule has 0 spiro atoms. The van der Waals surface area contributed by atoms with Crippen LogP contribution in [0.2, 0.25) is 5.02 Å². The quantitative estimate of drug-likeness (QED) is 0.932. The summed E-state index contributed by atoms with van der Waals surface area (Å²) >= 11 is 5.82. The molecule has 1 atom stereocenters. The predicted octanol–water partition coefficient (Wildman–Crippen LogP) is 3.29. The largest absolute Gasteiger partial charge is 0.318 e. The van der Waals surface area contributed by atoms with E-state index in [0.29, 0.717) is 5.56 Å². The van der Waals surface area contributed by atoms with Crippen molar-refractivity contribution in [2.45, 2.75) is 12.5 Å². The van der Waals surface area contributed by atoms with Gasteiger partial charge in [0.2, 0.25) is 0 Å². The van der Waals surface area contributed by atoms with E-state index in [2.05, 4.69) is 0 Å². The van der Waals surface area contributed by atoms with Crippen molar-refractivity contribution in [3.05, 3.63) is 70.5 Å². The fourth-order valence-electron chi connectivity index (χ4n) is 1.83. The van der Waals surface area contributed by atoms with Crippen molar-refractivity contribution in [1.29, 1.82) is 0 Å². The fourth-order valence-corrected chi connectivity index (χ4v) is 2.02. The lowest BCUT2D eigenvalue weighted by Gasteiger charge is -2.11. The van der Waals surface area contributed by atoms with Crippen LogP contribution in [0.25, 0.3) is 0 Å². The average Bonchev–Trinajstić information content (AvgIpc) is 2.44. The first-order valence-corrected chi connectivity index (χ1v) is 6.23. The summed E-state index contributed by atoms with van der Waals surface area (Å²) in [6.07, 6.45) is 0.0205. The summed E-state index contributed by atoms with van der Waals surface area (Å²) in [5.41, 5.74) is 7.08. The highest BCUT2D eigenvalue weighted by Gasteiger charge is 2.17. The van der Waals surface area contributed by atoms with E-state index < -0.39 is 11.9 Å². The number of carbonyl (C=O) groups excluding carboxylic acids is 1. The van der Waals surface area contributed by atoms with Crippen molar-refractivity contribution >= 4 is 17.4 Å². The Labute approximate surface area is 116 Å². The fraction of sp³-hybridized carbons (Fsp3) is 0.133. The van der Waals surface area contributed by atoms with E-state index in [0.717, 1.165) is 5.56 Å². The number of rotatable bonds is 4. The van der Waals surface area contributed by atoms with Crippen molar-refractivity contribution in [3.63, 3.8) is 0 Å². The lowest BCUT2D eigenvalue weighted by molar-refractivity contribution is -0.119. The molecular formula is C15H13ClFNO. The van der Waals surface area contributed by atoms with Crippen molar-refractivity contribution < 1.29 is 9.18 Å². The zero-order chi connectivity index (χ0) is 13.8. The van der Waals surface area contributed by atoms with Crippen molar-refractivity contribution in [2.75, 3.05) is 0 Å². The third-order valence-electron chi connectivity index (χ3n) is 2.90. The minimum absolute atomic E-state index is 0.0175. The first-order valence-electron chi connectivity index (χ1n) is 5.85. The maximum absolute atomic E-state index is 13.3. The Morgan fingerprint density at radius 2 is 1.84 bits per heavy atom. The lowest BCUT2D eigenvalue weighted by atomic mass is 9.98. The van der Waals surface area contributed by atoms with Gasteiger partial charge in [-0.3, -0.25) is 4.79 Å². The maximum atomic E-state index is 13.3. The van der Waals surface area contributed by atoms with E-state index in [1.807, 2.05) is 18.2 Å². The van der Waals surface area contributed by atoms with Gasteiger partial charge in [-0.05, 0) is 17.2 Å². The summed E-state index contributed by atoms with van der Waals surface area (Å²) in [4.78, 5) is 12.1. The highest BCUT2D eigenvalue weighted by atomic mass is 35.5. The molecule has 2 rings (SSSR count). The number of nitrogens with two attached hydrogens (primary N) is 1. The molecular weight excluding hydrogens is 265 g/mol. The molecule has 2 nitrogen and oxygen atoms in total. The Bertz CT molecular complexity index is 586. The normalized spacial score (nSPS) is 12.2. The standard InChI is InChI=1S/C15H13ClFNO/c16-14-11(7-4-8-12(14)17)9-13(19)15(18)10-5-2-1-3-6-10/h1-8,15H,9,18H2. The van der Waals surface area contributed by atoms with Gasteiger partial charge < -0.3 is 5.73 Å². The number of carbonyl (C=O) groups is 1. The molecule has 2 N–H and O–H groups in total. The topological polar surface area (TPSA) is 43.1 Å². The minimum Gasteiger partial charge on any atom is -0.318 e. The summed E-state index contributed by atoms with van der Waals surface area (Å²) in [5.74, 6) is -0.723. The molecule has 0 aliphatic rings. The van der Waals surface area contributed by atoms with Crippen molar-refractivity contribution in [1.82, 2.24) is 0 Å². The number of benzene rings is 2. The van der Waals surface area contributed by atoms with E-state index in [1.54, 1.807) is 18.2 Å². The zero-order valence-electron chi connectivity index (χ0n) is 10.1. The van der Waals surface area contributed by atoms with Gasteiger partial charge in [0.15, 0.2) is 5.78 Å². The second kappa shape index (κ2) is 5.95. The molecule has 0 aliphatic heterocycles. The Morgan fingerprint density at radius 1 is 1.16 bits per heavy atom. The van der Waals surface area contributed by atoms with Crippen LogP contribution in [0, 0.1) is 5.82 Å². The SMILES string of the molecule is NC(C(=O)Cc1cccc(F)c1Cl)c1ccccc1. The smallest absolute Gasteiger partial charge is 0.158 e. The van der Waals surface area contributed by atoms with E-state index >= 15 is 0 Å². The molecule has 0 radical (unpaired) electrons. The van der Waals surface area contributed by atoms with Gasteiger partial charge in [0.05, 0.1) is 11.1 Å². The summed E-state index contributed by atoms with van der Waals surface area (Å²) in [7, 11) is 0. The van der Waals surface area contributed by atoms with Crippen LogP contribution in [0.1, 0.15) is 17.2 Å². The molecule has 4 heteroatoms. The van der Waals surface area contributed by atoms with Gasteiger partial charge in [0.25, 0.3) is 0 Å². The Kier molecular flexibility index (Phi) is 4.30. The molecule has 0 aliphatic carbocycles. The maximum Gasteiger partial charge on any atom is 0.158 e. The second-order valence-electron chi connectivity index (χ2n) is 4.24. The second-order valence-corrected chi connectivity index (χ2v) is 4.62. The molecule has 0 fully saturated rings. The van der Waals surface area contributed by atoms with E-state index in [1.165, 1.54) is 12.1 Å². The number of hydrogen-bond acceptors (Lipinski definition) is 2. The van der Waals surface area contributed by atoms with Crippen LogP contribution in [0.5, 0.6) is 0 Å². The van der Waals surface area contributed by atoms with Crippen LogP contribution >= 0.6 is 11.6 Å². The summed E-state index contributed by atoms with van der Waals surface area (Å²) in [6, 6.07) is 12.7. The van der Waals surface area contributed by atoms with Crippen molar-refractivity contribution in [3.8, 4) is 0 Å². The van der Waals surface area contributed by atoms with E-state index in [-0.39, 0.29) is 17.2 Å². The Morgan fingerprint density at radius 3 is 2.53 bits per heavy atom. The van der Waals surface area contributed by atoms with E-state index in [4.69, 9.17) is 17.3 Å². The highest BCUT2D eigenvalue weighted by molar-refractivity contribution is 6.31. The monoisotopic (exact) mass is 277 g/mol. The molecule has 0 aromatic heterocycles. The van der Waals surface area contributed by atoms with Gasteiger partial charge in [0.1, 0.15) is 5.82 Å². The van der Waals surface area contributed by atoms with Gasteiger partial charge in [-0.15, -0.1) is 0 Å². The van der Waals surface area contributed by atoms with Crippen LogP contribution in [0.3, 0.4) is 0 Å². The Balaban J connectivity index is 2.15. The molecule has 19 heavy (non-hydrogen) atoms. The van der Waals surface area contributed by atoms with Gasteiger partial charge in [-0.25, -0.2) is 4.39 Å². The van der Waals surface area contributed by atoms with E-state index in [9.17, 15) is 9.18 Å². The molecule has 98 valence electrons. The first kappa shape index (κ1) is 13.7. The third kappa shape index (κ3) is 3.19. The molecule has 2 aromatic rings. The summed E-state index contributed by atoms with van der Waals surface area (Å²) in [6.45, 7) is 0. The van der Waals surface area contributed by atoms with Gasteiger partial charge in [0, 0.05) is 6.42 Å². The summed E-state index contributed by atoms with van der Waals surface area (Å²) in [5, 5.41) is -0.0175. The highest BCUT2D eigenvalue weighted by Crippen LogP contribution is 2.22. The van der Waals surface area contributed by atoms with Crippen LogP contribution in [-0.4, -0.2) is 5.78 Å². The summed E-state index contributed by atoms with van der Waals surface area (Å²) < 4.78 is 13.3. The Hall–Kier alpha value is -1.71. The molecule has 0 amide bonds. The molecule has 0 bridgehead atoms. The van der Waals surface area contributed by atoms with Crippen LogP contribution < -0.4 is 5.73 Å². The minimum atomic E-state index is -0.722. The number of Topliss-reactive ketones (excluding diaryl/α,β-unsaturated/α-hetero) is 1. The van der Waals surface area contributed by atoms with Crippen LogP contribution in [0.15, 0.2) is 48.5 Å². The average molecular weight is 278 g/mol. The van der Waals surface area contributed by atoms with Gasteiger partial charge in [-0.2, -0.15) is 0 Å². The molecule has 2 aromatic carbocycles. The zero-order valence-corrected chi connectivity index (χ0v) is 10.9. The third-order valence-corrected chi connectivity index (χ3v) is 3.33. The van der Waals surface area contributed by atoms with Crippen LogP contribution in [0.4, 0.5) is 4.39 Å². The first-order chi connectivity index (χ1) is 9.09. The lowest BCUT2D eigenvalue weighted by Crippen LogP contribution is -2.23. The molecule has 0 heterocycles. The van der Waals surface area contributed by atoms with Crippen molar-refractivity contribution in [2.24, 2.45) is 5.73 Å². The molecule has 1 unspecified atom stereocenters. The number of ketones is 1. The van der Waals surface area contributed by atoms with Gasteiger partial charge in [-0.1, -0.05) is 54.1 Å². The number of hydrogen-bond donors (Lipinski definition) is 1. The molecule has 0 saturated carbocycles. The van der Waals surface area contributed by atoms with Gasteiger partial charge >= 0.3 is 0 Å².